The summed E-state index contributed by atoms with van der Waals surface area (Å²) in [4.78, 5) is 0. The van der Waals surface area contributed by atoms with Gasteiger partial charge in [-0.2, -0.15) is 8.42 Å². The number of allylic oxidation sites excluding steroid dienone is 1. The van der Waals surface area contributed by atoms with Gasteiger partial charge in [0.2, 0.25) is 0 Å². The first-order valence-corrected chi connectivity index (χ1v) is 13.8. The average molecular weight is 451 g/mol. The van der Waals surface area contributed by atoms with Crippen molar-refractivity contribution < 1.29 is 12.6 Å². The molecule has 2 atom stereocenters. The van der Waals surface area contributed by atoms with E-state index in [2.05, 4.69) is 34.6 Å². The molecule has 1 aromatic carbocycles. The molecule has 31 heavy (non-hydrogen) atoms. The molecule has 3 nitrogen and oxygen atoms in total. The Balaban J connectivity index is 2.14. The van der Waals surface area contributed by atoms with E-state index in [1.807, 2.05) is 24.3 Å². The van der Waals surface area contributed by atoms with Gasteiger partial charge in [0.25, 0.3) is 10.1 Å². The van der Waals surface area contributed by atoms with Gasteiger partial charge in [0.15, 0.2) is 0 Å². The lowest BCUT2D eigenvalue weighted by Gasteiger charge is -2.15. The summed E-state index contributed by atoms with van der Waals surface area (Å²) in [5, 5.41) is 0. The molecule has 0 amide bonds. The highest BCUT2D eigenvalue weighted by atomic mass is 32.2. The van der Waals surface area contributed by atoms with Gasteiger partial charge >= 0.3 is 0 Å². The van der Waals surface area contributed by atoms with Crippen molar-refractivity contribution >= 4 is 10.1 Å². The van der Waals surface area contributed by atoms with E-state index in [9.17, 15) is 8.42 Å². The van der Waals surface area contributed by atoms with E-state index in [1.54, 1.807) is 12.1 Å². The summed E-state index contributed by atoms with van der Waals surface area (Å²) in [6.07, 6.45) is 13.4. The highest BCUT2D eigenvalue weighted by Gasteiger charge is 2.11. The smallest absolute Gasteiger partial charge is 0.266 e. The van der Waals surface area contributed by atoms with Crippen molar-refractivity contribution in [2.75, 3.05) is 6.61 Å². The van der Waals surface area contributed by atoms with E-state index in [1.165, 1.54) is 50.5 Å². The molecule has 0 N–H and O–H groups in total. The fourth-order valence-corrected chi connectivity index (χ4v) is 4.87. The minimum absolute atomic E-state index is 0.0748. The number of rotatable bonds is 17. The van der Waals surface area contributed by atoms with Crippen molar-refractivity contribution in [3.8, 4) is 0 Å². The van der Waals surface area contributed by atoms with E-state index in [0.29, 0.717) is 0 Å². The Morgan fingerprint density at radius 1 is 0.871 bits per heavy atom. The van der Waals surface area contributed by atoms with Gasteiger partial charge in [-0.15, -0.1) is 0 Å². The maximum absolute atomic E-state index is 12.1. The van der Waals surface area contributed by atoms with Crippen LogP contribution in [0.4, 0.5) is 0 Å². The van der Waals surface area contributed by atoms with E-state index < -0.39 is 10.1 Å². The van der Waals surface area contributed by atoms with Gasteiger partial charge in [-0.25, -0.2) is 0 Å². The highest BCUT2D eigenvalue weighted by Crippen LogP contribution is 2.22. The molecule has 0 unspecified atom stereocenters. The van der Waals surface area contributed by atoms with Crippen LogP contribution >= 0.6 is 0 Å². The first kappa shape index (κ1) is 27.9. The van der Waals surface area contributed by atoms with Gasteiger partial charge in [-0.05, 0) is 43.1 Å². The second kappa shape index (κ2) is 15.6. The minimum Gasteiger partial charge on any atom is -0.266 e. The Morgan fingerprint density at radius 2 is 1.42 bits per heavy atom. The zero-order chi connectivity index (χ0) is 23.1. The maximum atomic E-state index is 12.1. The molecule has 0 saturated carbocycles. The van der Waals surface area contributed by atoms with Crippen LogP contribution in [0.5, 0.6) is 0 Å². The van der Waals surface area contributed by atoms with E-state index in [4.69, 9.17) is 4.18 Å². The summed E-state index contributed by atoms with van der Waals surface area (Å²) in [6.45, 7) is 11.6. The third kappa shape index (κ3) is 15.3. The first-order valence-electron chi connectivity index (χ1n) is 12.2. The van der Waals surface area contributed by atoms with Crippen LogP contribution in [-0.4, -0.2) is 15.0 Å². The molecular formula is C27H46O3S. The number of hydrogen-bond acceptors (Lipinski definition) is 3. The Labute approximate surface area is 192 Å². The van der Waals surface area contributed by atoms with Crippen LogP contribution in [0.15, 0.2) is 42.0 Å². The van der Waals surface area contributed by atoms with Crippen molar-refractivity contribution in [1.29, 1.82) is 0 Å². The monoisotopic (exact) mass is 450 g/mol. The normalized spacial score (nSPS) is 14.7. The van der Waals surface area contributed by atoms with E-state index in [-0.39, 0.29) is 12.4 Å². The van der Waals surface area contributed by atoms with Crippen LogP contribution in [0.25, 0.3) is 0 Å². The molecular weight excluding hydrogens is 404 g/mol. The van der Waals surface area contributed by atoms with Gasteiger partial charge < -0.3 is 0 Å². The van der Waals surface area contributed by atoms with Gasteiger partial charge in [0, 0.05) is 0 Å². The van der Waals surface area contributed by atoms with Crippen LogP contribution in [0, 0.1) is 17.8 Å². The summed E-state index contributed by atoms with van der Waals surface area (Å²) in [5.74, 6) is 2.37. The third-order valence-corrected chi connectivity index (χ3v) is 7.19. The molecule has 178 valence electrons. The summed E-state index contributed by atoms with van der Waals surface area (Å²) < 4.78 is 29.3. The van der Waals surface area contributed by atoms with Gasteiger partial charge in [-0.1, -0.05) is 115 Å². The lowest BCUT2D eigenvalue weighted by Crippen LogP contribution is -2.09. The standard InChI is InChI=1S/C27H46O3S/c1-23(2)12-9-13-24(3)14-10-15-25(4)16-11-17-26(5)20-21-30-31(28,29)22-27-18-7-6-8-19-27/h6-8,18-20,23-25H,9-17,21-22H2,1-5H3/b26-20+/t24-,25-/m1/s1. The molecule has 0 aliphatic carbocycles. The van der Waals surface area contributed by atoms with Gasteiger partial charge in [-0.3, -0.25) is 4.18 Å². The highest BCUT2D eigenvalue weighted by molar-refractivity contribution is 7.85. The molecule has 0 bridgehead atoms. The lowest BCUT2D eigenvalue weighted by molar-refractivity contribution is 0.355. The Kier molecular flexibility index (Phi) is 14.1. The predicted molar refractivity (Wildman–Crippen MR) is 133 cm³/mol. The second-order valence-corrected chi connectivity index (χ2v) is 11.5. The fraction of sp³-hybridized carbons (Fsp3) is 0.704. The zero-order valence-electron chi connectivity index (χ0n) is 20.6. The van der Waals surface area contributed by atoms with Crippen LogP contribution < -0.4 is 0 Å². The lowest BCUT2D eigenvalue weighted by atomic mass is 9.91. The molecule has 0 spiro atoms. The number of benzene rings is 1. The Hall–Kier alpha value is -1.13. The SMILES string of the molecule is C/C(=C\COS(=O)(=O)Cc1ccccc1)CCC[C@H](C)CCC[C@H](C)CCCC(C)C. The predicted octanol–water partition coefficient (Wildman–Crippen LogP) is 7.92. The van der Waals surface area contributed by atoms with Gasteiger partial charge in [0.1, 0.15) is 5.75 Å². The van der Waals surface area contributed by atoms with Crippen molar-refractivity contribution in [1.82, 2.24) is 0 Å². The Bertz CT molecular complexity index is 707. The molecule has 0 aromatic heterocycles. The number of hydrogen-bond donors (Lipinski definition) is 0. The van der Waals surface area contributed by atoms with Crippen molar-refractivity contribution in [3.63, 3.8) is 0 Å². The van der Waals surface area contributed by atoms with Gasteiger partial charge in [0.05, 0.1) is 6.61 Å². The molecule has 0 radical (unpaired) electrons. The summed E-state index contributed by atoms with van der Waals surface area (Å²) in [5.41, 5.74) is 1.96. The molecule has 4 heteroatoms. The quantitative estimate of drug-likeness (QED) is 0.179. The molecule has 1 aromatic rings. The molecule has 0 fully saturated rings. The molecule has 0 aliphatic rings. The third-order valence-electron chi connectivity index (χ3n) is 6.01. The van der Waals surface area contributed by atoms with Crippen LogP contribution in [0.1, 0.15) is 98.0 Å². The van der Waals surface area contributed by atoms with Crippen molar-refractivity contribution in [3.05, 3.63) is 47.5 Å². The van der Waals surface area contributed by atoms with E-state index >= 15 is 0 Å². The Morgan fingerprint density at radius 3 is 2.00 bits per heavy atom. The summed E-state index contributed by atoms with van der Waals surface area (Å²) >= 11 is 0. The van der Waals surface area contributed by atoms with Crippen molar-refractivity contribution in [2.24, 2.45) is 17.8 Å². The van der Waals surface area contributed by atoms with Crippen LogP contribution in [-0.2, 0) is 20.1 Å². The topological polar surface area (TPSA) is 43.4 Å². The van der Waals surface area contributed by atoms with Crippen LogP contribution in [0.3, 0.4) is 0 Å². The fourth-order valence-electron chi connectivity index (χ4n) is 3.91. The molecule has 0 saturated heterocycles. The zero-order valence-corrected chi connectivity index (χ0v) is 21.4. The maximum Gasteiger partial charge on any atom is 0.271 e. The van der Waals surface area contributed by atoms with Crippen molar-refractivity contribution in [2.45, 2.75) is 98.2 Å². The summed E-state index contributed by atoms with van der Waals surface area (Å²) in [6, 6.07) is 9.15. The molecule has 0 heterocycles. The molecule has 0 aliphatic heterocycles. The average Bonchev–Trinajstić information content (AvgIpc) is 2.68. The first-order chi connectivity index (χ1) is 14.7. The largest absolute Gasteiger partial charge is 0.271 e. The van der Waals surface area contributed by atoms with Crippen LogP contribution in [0.2, 0.25) is 0 Å². The molecule has 1 rings (SSSR count). The van der Waals surface area contributed by atoms with E-state index in [0.717, 1.165) is 36.2 Å². The summed E-state index contributed by atoms with van der Waals surface area (Å²) in [7, 11) is -3.54. The minimum atomic E-state index is -3.54. The second-order valence-electron chi connectivity index (χ2n) is 9.88.